The molecule has 1 heterocycles. The SMILES string of the molecule is Cn1c(CCc2ccc(C#N)cc2)nc2cc(C(=O)N(CCC#N)c3ccccc3)ccc21. The van der Waals surface area contributed by atoms with Crippen molar-refractivity contribution < 1.29 is 4.79 Å². The van der Waals surface area contributed by atoms with Crippen LogP contribution in [0.2, 0.25) is 0 Å². The van der Waals surface area contributed by atoms with Gasteiger partial charge >= 0.3 is 0 Å². The fourth-order valence-corrected chi connectivity index (χ4v) is 3.88. The van der Waals surface area contributed by atoms with Crippen LogP contribution in [-0.4, -0.2) is 22.0 Å². The van der Waals surface area contributed by atoms with Gasteiger partial charge in [0.2, 0.25) is 0 Å². The molecule has 1 amide bonds. The third kappa shape index (κ3) is 4.76. The van der Waals surface area contributed by atoms with Crippen LogP contribution in [0, 0.1) is 22.7 Å². The summed E-state index contributed by atoms with van der Waals surface area (Å²) < 4.78 is 2.05. The lowest BCUT2D eigenvalue weighted by Gasteiger charge is -2.21. The quantitative estimate of drug-likeness (QED) is 0.419. The molecule has 0 aliphatic rings. The molecule has 3 aromatic carbocycles. The predicted octanol–water partition coefficient (Wildman–Crippen LogP) is 4.79. The van der Waals surface area contributed by atoms with Crippen molar-refractivity contribution in [3.05, 3.63) is 95.3 Å². The van der Waals surface area contributed by atoms with Gasteiger partial charge in [0.1, 0.15) is 5.82 Å². The second kappa shape index (κ2) is 9.80. The molecule has 4 rings (SSSR count). The van der Waals surface area contributed by atoms with Crippen LogP contribution in [0.15, 0.2) is 72.8 Å². The average molecular weight is 434 g/mol. The minimum atomic E-state index is -0.150. The highest BCUT2D eigenvalue weighted by Crippen LogP contribution is 2.22. The minimum absolute atomic E-state index is 0.150. The van der Waals surface area contributed by atoms with E-state index in [2.05, 4.69) is 16.7 Å². The lowest BCUT2D eigenvalue weighted by molar-refractivity contribution is 0.0987. The number of carbonyl (C=O) groups is 1. The van der Waals surface area contributed by atoms with Crippen molar-refractivity contribution in [2.45, 2.75) is 19.3 Å². The van der Waals surface area contributed by atoms with Gasteiger partial charge in [-0.25, -0.2) is 4.98 Å². The fraction of sp³-hybridized carbons (Fsp3) is 0.185. The van der Waals surface area contributed by atoms with Gasteiger partial charge in [0, 0.05) is 31.3 Å². The molecule has 4 aromatic rings. The molecular weight excluding hydrogens is 410 g/mol. The average Bonchev–Trinajstić information content (AvgIpc) is 3.18. The highest BCUT2D eigenvalue weighted by molar-refractivity contribution is 6.07. The molecular formula is C27H23N5O. The molecule has 0 N–H and O–H groups in total. The van der Waals surface area contributed by atoms with E-state index in [0.29, 0.717) is 17.7 Å². The molecule has 0 aliphatic heterocycles. The van der Waals surface area contributed by atoms with E-state index in [1.54, 1.807) is 4.90 Å². The lowest BCUT2D eigenvalue weighted by atomic mass is 10.1. The number of aromatic nitrogens is 2. The first kappa shape index (κ1) is 21.8. The number of imidazole rings is 1. The predicted molar refractivity (Wildman–Crippen MR) is 128 cm³/mol. The van der Waals surface area contributed by atoms with Crippen LogP contribution < -0.4 is 4.90 Å². The summed E-state index contributed by atoms with van der Waals surface area (Å²) in [6, 6.07) is 26.8. The van der Waals surface area contributed by atoms with E-state index in [0.717, 1.165) is 41.0 Å². The molecule has 6 heteroatoms. The summed E-state index contributed by atoms with van der Waals surface area (Å²) in [6.07, 6.45) is 1.81. The van der Waals surface area contributed by atoms with Gasteiger partial charge in [-0.2, -0.15) is 10.5 Å². The van der Waals surface area contributed by atoms with Gasteiger partial charge in [-0.3, -0.25) is 4.79 Å². The molecule has 0 atom stereocenters. The van der Waals surface area contributed by atoms with Crippen LogP contribution in [0.4, 0.5) is 5.69 Å². The van der Waals surface area contributed by atoms with Crippen molar-refractivity contribution in [1.29, 1.82) is 10.5 Å². The van der Waals surface area contributed by atoms with E-state index in [1.165, 1.54) is 0 Å². The first-order valence-electron chi connectivity index (χ1n) is 10.8. The summed E-state index contributed by atoms with van der Waals surface area (Å²) in [7, 11) is 1.98. The van der Waals surface area contributed by atoms with Crippen LogP contribution in [0.5, 0.6) is 0 Å². The molecule has 1 aromatic heterocycles. The van der Waals surface area contributed by atoms with E-state index in [1.807, 2.05) is 79.8 Å². The molecule has 0 bridgehead atoms. The topological polar surface area (TPSA) is 85.7 Å². The number of para-hydroxylation sites is 1. The van der Waals surface area contributed by atoms with Crippen LogP contribution in [0.3, 0.4) is 0 Å². The number of amides is 1. The normalized spacial score (nSPS) is 10.5. The second-order valence-corrected chi connectivity index (χ2v) is 7.80. The summed E-state index contributed by atoms with van der Waals surface area (Å²) in [5.41, 5.74) is 4.84. The maximum atomic E-state index is 13.3. The third-order valence-corrected chi connectivity index (χ3v) is 5.70. The van der Waals surface area contributed by atoms with Gasteiger partial charge < -0.3 is 9.47 Å². The Labute approximate surface area is 192 Å². The summed E-state index contributed by atoms with van der Waals surface area (Å²) in [5, 5.41) is 18.0. The number of rotatable bonds is 7. The highest BCUT2D eigenvalue weighted by atomic mass is 16.2. The van der Waals surface area contributed by atoms with E-state index >= 15 is 0 Å². The molecule has 0 saturated heterocycles. The van der Waals surface area contributed by atoms with Crippen molar-refractivity contribution in [3.63, 3.8) is 0 Å². The van der Waals surface area contributed by atoms with E-state index in [4.69, 9.17) is 15.5 Å². The Morgan fingerprint density at radius 2 is 1.76 bits per heavy atom. The fourth-order valence-electron chi connectivity index (χ4n) is 3.88. The summed E-state index contributed by atoms with van der Waals surface area (Å²) in [4.78, 5) is 19.7. The molecule has 0 saturated carbocycles. The van der Waals surface area contributed by atoms with Gasteiger partial charge in [-0.05, 0) is 54.4 Å². The van der Waals surface area contributed by atoms with Crippen molar-refractivity contribution in [2.75, 3.05) is 11.4 Å². The zero-order valence-corrected chi connectivity index (χ0v) is 18.4. The Morgan fingerprint density at radius 3 is 2.45 bits per heavy atom. The number of nitrogens with zero attached hydrogens (tertiary/aromatic N) is 5. The Balaban J connectivity index is 1.57. The number of carbonyl (C=O) groups excluding carboxylic acids is 1. The van der Waals surface area contributed by atoms with Crippen LogP contribution in [-0.2, 0) is 19.9 Å². The van der Waals surface area contributed by atoms with Gasteiger partial charge in [0.05, 0.1) is 35.2 Å². The zero-order chi connectivity index (χ0) is 23.2. The number of hydrogen-bond donors (Lipinski definition) is 0. The minimum Gasteiger partial charge on any atom is -0.331 e. The van der Waals surface area contributed by atoms with Crippen molar-refractivity contribution in [3.8, 4) is 12.1 Å². The van der Waals surface area contributed by atoms with Crippen molar-refractivity contribution in [2.24, 2.45) is 7.05 Å². The summed E-state index contributed by atoms with van der Waals surface area (Å²) in [5.74, 6) is 0.784. The Bertz CT molecular complexity index is 1360. The van der Waals surface area contributed by atoms with Gasteiger partial charge in [-0.15, -0.1) is 0 Å². The molecule has 33 heavy (non-hydrogen) atoms. The molecule has 0 spiro atoms. The first-order valence-corrected chi connectivity index (χ1v) is 10.8. The Hall–Kier alpha value is -4.42. The van der Waals surface area contributed by atoms with E-state index < -0.39 is 0 Å². The maximum absolute atomic E-state index is 13.3. The third-order valence-electron chi connectivity index (χ3n) is 5.70. The van der Waals surface area contributed by atoms with E-state index in [9.17, 15) is 4.79 Å². The van der Waals surface area contributed by atoms with E-state index in [-0.39, 0.29) is 12.3 Å². The zero-order valence-electron chi connectivity index (χ0n) is 18.4. The number of hydrogen-bond acceptors (Lipinski definition) is 4. The van der Waals surface area contributed by atoms with Gasteiger partial charge in [-0.1, -0.05) is 30.3 Å². The molecule has 6 nitrogen and oxygen atoms in total. The lowest BCUT2D eigenvalue weighted by Crippen LogP contribution is -2.31. The number of benzene rings is 3. The van der Waals surface area contributed by atoms with Crippen LogP contribution in [0.1, 0.15) is 33.7 Å². The van der Waals surface area contributed by atoms with Crippen LogP contribution >= 0.6 is 0 Å². The van der Waals surface area contributed by atoms with Gasteiger partial charge in [0.25, 0.3) is 5.91 Å². The largest absolute Gasteiger partial charge is 0.331 e. The molecule has 0 aliphatic carbocycles. The number of anilines is 1. The Kier molecular flexibility index (Phi) is 6.48. The van der Waals surface area contributed by atoms with Crippen molar-refractivity contribution in [1.82, 2.24) is 9.55 Å². The molecule has 0 radical (unpaired) electrons. The molecule has 0 unspecified atom stereocenters. The number of nitriles is 2. The summed E-state index contributed by atoms with van der Waals surface area (Å²) in [6.45, 7) is 0.329. The second-order valence-electron chi connectivity index (χ2n) is 7.80. The molecule has 162 valence electrons. The number of fused-ring (bicyclic) bond motifs is 1. The first-order chi connectivity index (χ1) is 16.1. The number of aryl methyl sites for hydroxylation is 3. The van der Waals surface area contributed by atoms with Crippen LogP contribution in [0.25, 0.3) is 11.0 Å². The van der Waals surface area contributed by atoms with Gasteiger partial charge in [0.15, 0.2) is 0 Å². The summed E-state index contributed by atoms with van der Waals surface area (Å²) >= 11 is 0. The Morgan fingerprint density at radius 1 is 1.00 bits per heavy atom. The molecule has 0 fully saturated rings. The standard InChI is InChI=1S/C27H23N5O/c1-31-25-14-13-22(27(33)32(17-5-16-28)23-6-3-2-4-7-23)18-24(25)30-26(31)15-12-20-8-10-21(19-29)11-9-20/h2-4,6-11,13-14,18H,5,12,15,17H2,1H3. The maximum Gasteiger partial charge on any atom is 0.258 e. The smallest absolute Gasteiger partial charge is 0.258 e. The monoisotopic (exact) mass is 433 g/mol. The highest BCUT2D eigenvalue weighted by Gasteiger charge is 2.19. The van der Waals surface area contributed by atoms with Crippen molar-refractivity contribution >= 4 is 22.6 Å².